The van der Waals surface area contributed by atoms with Gasteiger partial charge in [-0.15, -0.1) is 0 Å². The maximum atomic E-state index is 13.0. The molecule has 4 amide bonds. The summed E-state index contributed by atoms with van der Waals surface area (Å²) >= 11 is 0. The number of para-hydroxylation sites is 1. The number of carbonyl (C=O) groups is 3. The summed E-state index contributed by atoms with van der Waals surface area (Å²) < 4.78 is 5.91. The molecular formula is C23H29N3O4. The van der Waals surface area contributed by atoms with Crippen LogP contribution < -0.4 is 5.32 Å². The van der Waals surface area contributed by atoms with Gasteiger partial charge in [-0.2, -0.15) is 0 Å². The number of imide groups is 1. The van der Waals surface area contributed by atoms with Gasteiger partial charge < -0.3 is 14.6 Å². The van der Waals surface area contributed by atoms with Gasteiger partial charge in [-0.25, -0.2) is 4.79 Å². The number of likely N-dealkylation sites (N-methyl/N-ethyl adjacent to an activating group) is 1. The number of hydrogen-bond donors (Lipinski definition) is 1. The van der Waals surface area contributed by atoms with Gasteiger partial charge in [-0.1, -0.05) is 32.0 Å². The quantitative estimate of drug-likeness (QED) is 0.764. The number of benzene rings is 1. The molecule has 1 aliphatic carbocycles. The molecule has 2 fully saturated rings. The van der Waals surface area contributed by atoms with Crippen LogP contribution in [0.1, 0.15) is 50.9 Å². The van der Waals surface area contributed by atoms with Crippen molar-refractivity contribution in [1.29, 1.82) is 0 Å². The summed E-state index contributed by atoms with van der Waals surface area (Å²) in [4.78, 5) is 41.0. The zero-order chi connectivity index (χ0) is 21.5. The van der Waals surface area contributed by atoms with Gasteiger partial charge in [0.15, 0.2) is 0 Å². The Morgan fingerprint density at radius 2 is 1.97 bits per heavy atom. The standard InChI is InChI=1S/C23H29N3O4/c1-4-18-17(16-7-5-6-8-19(16)30-18)13-25(3)20(27)14-26-21(28)23(24-22(26)29)11-9-15(2)10-12-23/h5-8,15H,4,9-14H2,1-3H3,(H,24,29). The summed E-state index contributed by atoms with van der Waals surface area (Å²) in [5, 5.41) is 3.86. The molecule has 2 heterocycles. The van der Waals surface area contributed by atoms with Gasteiger partial charge in [-0.05, 0) is 37.7 Å². The van der Waals surface area contributed by atoms with Crippen LogP contribution in [0.5, 0.6) is 0 Å². The molecule has 7 heteroatoms. The highest BCUT2D eigenvalue weighted by Gasteiger charge is 2.52. The molecule has 0 atom stereocenters. The van der Waals surface area contributed by atoms with E-state index >= 15 is 0 Å². The second kappa shape index (κ2) is 7.78. The van der Waals surface area contributed by atoms with Crippen molar-refractivity contribution in [3.63, 3.8) is 0 Å². The van der Waals surface area contributed by atoms with Crippen LogP contribution in [0.15, 0.2) is 28.7 Å². The minimum absolute atomic E-state index is 0.240. The van der Waals surface area contributed by atoms with Gasteiger partial charge in [0, 0.05) is 31.0 Å². The molecule has 1 saturated heterocycles. The summed E-state index contributed by atoms with van der Waals surface area (Å²) in [6.45, 7) is 4.30. The lowest BCUT2D eigenvalue weighted by atomic mass is 9.77. The first-order valence-electron chi connectivity index (χ1n) is 10.7. The van der Waals surface area contributed by atoms with E-state index in [1.165, 1.54) is 0 Å². The molecule has 2 aliphatic rings. The molecule has 4 rings (SSSR count). The summed E-state index contributed by atoms with van der Waals surface area (Å²) in [5.74, 6) is 0.872. The van der Waals surface area contributed by atoms with E-state index in [-0.39, 0.29) is 18.4 Å². The minimum atomic E-state index is -0.821. The Bertz CT molecular complexity index is 987. The molecule has 1 saturated carbocycles. The van der Waals surface area contributed by atoms with Gasteiger partial charge >= 0.3 is 6.03 Å². The van der Waals surface area contributed by atoms with E-state index in [0.717, 1.165) is 46.5 Å². The number of hydrogen-bond acceptors (Lipinski definition) is 4. The lowest BCUT2D eigenvalue weighted by Gasteiger charge is -2.33. The zero-order valence-corrected chi connectivity index (χ0v) is 17.9. The number of amides is 4. The highest BCUT2D eigenvalue weighted by Crippen LogP contribution is 2.36. The predicted molar refractivity (Wildman–Crippen MR) is 113 cm³/mol. The fraction of sp³-hybridized carbons (Fsp3) is 0.522. The Labute approximate surface area is 176 Å². The number of nitrogens with one attached hydrogen (secondary N) is 1. The largest absolute Gasteiger partial charge is 0.461 e. The number of urea groups is 1. The Morgan fingerprint density at radius 3 is 2.67 bits per heavy atom. The Hall–Kier alpha value is -2.83. The minimum Gasteiger partial charge on any atom is -0.461 e. The van der Waals surface area contributed by atoms with E-state index in [0.29, 0.717) is 25.3 Å². The Morgan fingerprint density at radius 1 is 1.27 bits per heavy atom. The van der Waals surface area contributed by atoms with Crippen molar-refractivity contribution >= 4 is 28.8 Å². The first-order chi connectivity index (χ1) is 14.3. The van der Waals surface area contributed by atoms with Crippen molar-refractivity contribution in [3.05, 3.63) is 35.6 Å². The van der Waals surface area contributed by atoms with Gasteiger partial charge in [0.25, 0.3) is 5.91 Å². The van der Waals surface area contributed by atoms with Gasteiger partial charge in [0.1, 0.15) is 23.4 Å². The van der Waals surface area contributed by atoms with Crippen molar-refractivity contribution in [2.24, 2.45) is 5.92 Å². The van der Waals surface area contributed by atoms with Crippen LogP contribution in [0.4, 0.5) is 4.79 Å². The van der Waals surface area contributed by atoms with Crippen LogP contribution in [0.2, 0.25) is 0 Å². The topological polar surface area (TPSA) is 82.9 Å². The van der Waals surface area contributed by atoms with E-state index in [1.54, 1.807) is 11.9 Å². The first-order valence-corrected chi connectivity index (χ1v) is 10.7. The monoisotopic (exact) mass is 411 g/mol. The van der Waals surface area contributed by atoms with Crippen molar-refractivity contribution in [3.8, 4) is 0 Å². The lowest BCUT2D eigenvalue weighted by molar-refractivity contribution is -0.139. The van der Waals surface area contributed by atoms with Crippen LogP contribution >= 0.6 is 0 Å². The van der Waals surface area contributed by atoms with Crippen LogP contribution in [0, 0.1) is 5.92 Å². The molecule has 0 bridgehead atoms. The van der Waals surface area contributed by atoms with Crippen LogP contribution in [-0.2, 0) is 22.6 Å². The number of carbonyl (C=O) groups excluding carboxylic acids is 3. The third-order valence-electron chi connectivity index (χ3n) is 6.59. The maximum absolute atomic E-state index is 13.0. The van der Waals surface area contributed by atoms with Gasteiger partial charge in [0.05, 0.1) is 0 Å². The highest BCUT2D eigenvalue weighted by molar-refractivity contribution is 6.09. The molecule has 2 aromatic rings. The average molecular weight is 412 g/mol. The van der Waals surface area contributed by atoms with Crippen molar-refractivity contribution in [2.45, 2.75) is 58.0 Å². The number of nitrogens with zero attached hydrogens (tertiary/aromatic N) is 2. The fourth-order valence-corrected chi connectivity index (χ4v) is 4.60. The second-order valence-electron chi connectivity index (χ2n) is 8.69. The number of fused-ring (bicyclic) bond motifs is 1. The highest BCUT2D eigenvalue weighted by atomic mass is 16.3. The summed E-state index contributed by atoms with van der Waals surface area (Å²) in [5.41, 5.74) is 0.949. The van der Waals surface area contributed by atoms with Crippen molar-refractivity contribution < 1.29 is 18.8 Å². The van der Waals surface area contributed by atoms with Crippen molar-refractivity contribution in [2.75, 3.05) is 13.6 Å². The molecule has 160 valence electrons. The van der Waals surface area contributed by atoms with E-state index < -0.39 is 11.6 Å². The molecule has 30 heavy (non-hydrogen) atoms. The third kappa shape index (κ3) is 3.46. The van der Waals surface area contributed by atoms with Crippen LogP contribution in [-0.4, -0.2) is 46.8 Å². The fourth-order valence-electron chi connectivity index (χ4n) is 4.60. The smallest absolute Gasteiger partial charge is 0.325 e. The SMILES string of the molecule is CCc1oc2ccccc2c1CN(C)C(=O)CN1C(=O)NC2(CCC(C)CC2)C1=O. The van der Waals surface area contributed by atoms with E-state index in [1.807, 2.05) is 31.2 Å². The van der Waals surface area contributed by atoms with E-state index in [2.05, 4.69) is 12.2 Å². The van der Waals surface area contributed by atoms with Gasteiger partial charge in [-0.3, -0.25) is 14.5 Å². The molecule has 1 N–H and O–H groups in total. The molecule has 1 aliphatic heterocycles. The molecule has 1 spiro atoms. The summed E-state index contributed by atoms with van der Waals surface area (Å²) in [6, 6.07) is 7.30. The molecule has 0 radical (unpaired) electrons. The Kier molecular flexibility index (Phi) is 5.30. The van der Waals surface area contributed by atoms with E-state index in [9.17, 15) is 14.4 Å². The molecule has 7 nitrogen and oxygen atoms in total. The summed E-state index contributed by atoms with van der Waals surface area (Å²) in [7, 11) is 1.69. The van der Waals surface area contributed by atoms with Crippen molar-refractivity contribution in [1.82, 2.24) is 15.1 Å². The van der Waals surface area contributed by atoms with Crippen LogP contribution in [0.3, 0.4) is 0 Å². The average Bonchev–Trinajstić information content (AvgIpc) is 3.20. The van der Waals surface area contributed by atoms with E-state index in [4.69, 9.17) is 4.42 Å². The Balaban J connectivity index is 1.47. The number of aryl methyl sites for hydroxylation is 1. The third-order valence-corrected chi connectivity index (χ3v) is 6.59. The first kappa shape index (κ1) is 20.4. The number of rotatable bonds is 5. The van der Waals surface area contributed by atoms with Crippen LogP contribution in [0.25, 0.3) is 11.0 Å². The number of furan rings is 1. The normalized spacial score (nSPS) is 24.0. The zero-order valence-electron chi connectivity index (χ0n) is 17.9. The molecule has 0 unspecified atom stereocenters. The molecular weight excluding hydrogens is 382 g/mol. The second-order valence-corrected chi connectivity index (χ2v) is 8.69. The van der Waals surface area contributed by atoms with Gasteiger partial charge in [0.2, 0.25) is 5.91 Å². The lowest BCUT2D eigenvalue weighted by Crippen LogP contribution is -2.50. The molecule has 1 aromatic carbocycles. The maximum Gasteiger partial charge on any atom is 0.325 e. The summed E-state index contributed by atoms with van der Waals surface area (Å²) in [6.07, 6.45) is 3.81. The predicted octanol–water partition coefficient (Wildman–Crippen LogP) is 3.45. The molecule has 1 aromatic heterocycles.